The van der Waals surface area contributed by atoms with Gasteiger partial charge in [-0.05, 0) is 24.3 Å². The van der Waals surface area contributed by atoms with Crippen molar-refractivity contribution in [3.8, 4) is 5.75 Å². The maximum Gasteiger partial charge on any atom is 0.224 e. The lowest BCUT2D eigenvalue weighted by molar-refractivity contribution is -0.116. The van der Waals surface area contributed by atoms with Gasteiger partial charge in [0.25, 0.3) is 0 Å². The molecule has 2 aromatic carbocycles. The van der Waals surface area contributed by atoms with Gasteiger partial charge in [0.1, 0.15) is 12.4 Å². The molecule has 3 aromatic rings. The maximum atomic E-state index is 12.2. The molecule has 0 aliphatic heterocycles. The number of amides is 1. The van der Waals surface area contributed by atoms with Gasteiger partial charge in [0, 0.05) is 31.7 Å². The fourth-order valence-corrected chi connectivity index (χ4v) is 3.34. The van der Waals surface area contributed by atoms with Crippen LogP contribution >= 0.6 is 11.3 Å². The predicted octanol–water partition coefficient (Wildman–Crippen LogP) is 3.89. The Balaban J connectivity index is 1.52. The van der Waals surface area contributed by atoms with Crippen LogP contribution in [0.3, 0.4) is 0 Å². The molecule has 0 saturated heterocycles. The minimum absolute atomic E-state index is 0.0340. The summed E-state index contributed by atoms with van der Waals surface area (Å²) in [5.74, 6) is 0.675. The van der Waals surface area contributed by atoms with E-state index in [1.807, 2.05) is 48.5 Å². The van der Waals surface area contributed by atoms with Crippen molar-refractivity contribution in [3.63, 3.8) is 0 Å². The van der Waals surface area contributed by atoms with Gasteiger partial charge in [0.15, 0.2) is 0 Å². The highest BCUT2D eigenvalue weighted by Crippen LogP contribution is 2.23. The smallest absolute Gasteiger partial charge is 0.224 e. The summed E-state index contributed by atoms with van der Waals surface area (Å²) in [4.78, 5) is 16.7. The molecule has 3 rings (SSSR count). The lowest BCUT2D eigenvalue weighted by atomic mass is 10.2. The van der Waals surface area contributed by atoms with E-state index in [2.05, 4.69) is 10.3 Å². The van der Waals surface area contributed by atoms with Crippen molar-refractivity contribution < 1.29 is 14.3 Å². The van der Waals surface area contributed by atoms with Crippen LogP contribution in [0.25, 0.3) is 10.2 Å². The molecule has 0 unspecified atom stereocenters. The Bertz CT molecular complexity index is 814. The molecule has 0 spiro atoms. The standard InChI is InChI=1S/C19H20N2O3S/c1-23-11-12-24-15-6-4-5-14(13-15)20-18(22)9-10-19-21-16-7-2-3-8-17(16)25-19/h2-8,13H,9-12H2,1H3,(H,20,22). The van der Waals surface area contributed by atoms with Gasteiger partial charge in [-0.1, -0.05) is 18.2 Å². The van der Waals surface area contributed by atoms with Crippen molar-refractivity contribution in [3.05, 3.63) is 53.5 Å². The molecule has 5 nitrogen and oxygen atoms in total. The van der Waals surface area contributed by atoms with E-state index in [-0.39, 0.29) is 5.91 Å². The number of hydrogen-bond acceptors (Lipinski definition) is 5. The Hall–Kier alpha value is -2.44. The molecule has 1 heterocycles. The summed E-state index contributed by atoms with van der Waals surface area (Å²) in [6.45, 7) is 1.00. The van der Waals surface area contributed by atoms with Crippen molar-refractivity contribution in [2.45, 2.75) is 12.8 Å². The molecular weight excluding hydrogens is 336 g/mol. The van der Waals surface area contributed by atoms with Crippen molar-refractivity contribution in [2.75, 3.05) is 25.6 Å². The zero-order chi connectivity index (χ0) is 17.5. The van der Waals surface area contributed by atoms with Crippen molar-refractivity contribution >= 4 is 33.1 Å². The Labute approximate surface area is 150 Å². The Kier molecular flexibility index (Phi) is 5.98. The van der Waals surface area contributed by atoms with E-state index in [0.717, 1.165) is 20.9 Å². The molecule has 0 atom stereocenters. The van der Waals surface area contributed by atoms with E-state index in [4.69, 9.17) is 9.47 Å². The van der Waals surface area contributed by atoms with E-state index in [9.17, 15) is 4.79 Å². The van der Waals surface area contributed by atoms with Crippen molar-refractivity contribution in [2.24, 2.45) is 0 Å². The number of methoxy groups -OCH3 is 1. The summed E-state index contributed by atoms with van der Waals surface area (Å²) < 4.78 is 11.7. The van der Waals surface area contributed by atoms with Gasteiger partial charge in [-0.2, -0.15) is 0 Å². The number of hydrogen-bond donors (Lipinski definition) is 1. The number of benzene rings is 2. The molecule has 130 valence electrons. The zero-order valence-electron chi connectivity index (χ0n) is 14.0. The highest BCUT2D eigenvalue weighted by molar-refractivity contribution is 7.18. The Morgan fingerprint density at radius 3 is 2.88 bits per heavy atom. The summed E-state index contributed by atoms with van der Waals surface area (Å²) >= 11 is 1.64. The van der Waals surface area contributed by atoms with E-state index in [1.54, 1.807) is 18.4 Å². The largest absolute Gasteiger partial charge is 0.491 e. The van der Waals surface area contributed by atoms with Crippen LogP contribution in [0.2, 0.25) is 0 Å². The van der Waals surface area contributed by atoms with Gasteiger partial charge < -0.3 is 14.8 Å². The van der Waals surface area contributed by atoms with E-state index in [1.165, 1.54) is 0 Å². The summed E-state index contributed by atoms with van der Waals surface area (Å²) in [6, 6.07) is 15.4. The minimum Gasteiger partial charge on any atom is -0.491 e. The molecule has 1 aromatic heterocycles. The van der Waals surface area contributed by atoms with Gasteiger partial charge in [0.05, 0.1) is 21.8 Å². The molecule has 25 heavy (non-hydrogen) atoms. The number of para-hydroxylation sites is 1. The van der Waals surface area contributed by atoms with Gasteiger partial charge >= 0.3 is 0 Å². The summed E-state index contributed by atoms with van der Waals surface area (Å²) in [5, 5.41) is 3.88. The predicted molar refractivity (Wildman–Crippen MR) is 100 cm³/mol. The highest BCUT2D eigenvalue weighted by atomic mass is 32.1. The minimum atomic E-state index is -0.0340. The molecule has 1 amide bonds. The Morgan fingerprint density at radius 1 is 1.16 bits per heavy atom. The molecule has 0 aliphatic carbocycles. The van der Waals surface area contributed by atoms with Crippen LogP contribution in [0.1, 0.15) is 11.4 Å². The normalized spacial score (nSPS) is 10.8. The molecule has 0 aliphatic rings. The number of aromatic nitrogens is 1. The number of nitrogens with zero attached hydrogens (tertiary/aromatic N) is 1. The fourth-order valence-electron chi connectivity index (χ4n) is 2.38. The van der Waals surface area contributed by atoms with Gasteiger partial charge in [-0.3, -0.25) is 4.79 Å². The number of carbonyl (C=O) groups is 1. The van der Waals surface area contributed by atoms with Crippen LogP contribution < -0.4 is 10.1 Å². The number of anilines is 1. The Morgan fingerprint density at radius 2 is 2.04 bits per heavy atom. The van der Waals surface area contributed by atoms with Crippen LogP contribution in [-0.2, 0) is 16.0 Å². The highest BCUT2D eigenvalue weighted by Gasteiger charge is 2.08. The molecule has 0 fully saturated rings. The SMILES string of the molecule is COCCOc1cccc(NC(=O)CCc2nc3ccccc3s2)c1. The summed E-state index contributed by atoms with van der Waals surface area (Å²) in [5.41, 5.74) is 1.72. The molecule has 6 heteroatoms. The van der Waals surface area contributed by atoms with Crippen LogP contribution in [0.5, 0.6) is 5.75 Å². The van der Waals surface area contributed by atoms with Gasteiger partial charge in [-0.15, -0.1) is 11.3 Å². The number of thiazole rings is 1. The average molecular weight is 356 g/mol. The second-order valence-electron chi connectivity index (χ2n) is 5.49. The average Bonchev–Trinajstić information content (AvgIpc) is 3.04. The molecule has 0 saturated carbocycles. The molecular formula is C19H20N2O3S. The van der Waals surface area contributed by atoms with Gasteiger partial charge in [-0.25, -0.2) is 4.98 Å². The maximum absolute atomic E-state index is 12.2. The third kappa shape index (κ3) is 5.01. The summed E-state index contributed by atoms with van der Waals surface area (Å²) in [6.07, 6.45) is 1.03. The van der Waals surface area contributed by atoms with E-state index >= 15 is 0 Å². The quantitative estimate of drug-likeness (QED) is 0.622. The molecule has 0 bridgehead atoms. The lowest BCUT2D eigenvalue weighted by Crippen LogP contribution is -2.12. The van der Waals surface area contributed by atoms with Crippen LogP contribution in [-0.4, -0.2) is 31.2 Å². The van der Waals surface area contributed by atoms with Crippen LogP contribution in [0.4, 0.5) is 5.69 Å². The zero-order valence-corrected chi connectivity index (χ0v) is 14.8. The third-order valence-electron chi connectivity index (χ3n) is 3.58. The number of aryl methyl sites for hydroxylation is 1. The topological polar surface area (TPSA) is 60.5 Å². The number of ether oxygens (including phenoxy) is 2. The lowest BCUT2D eigenvalue weighted by Gasteiger charge is -2.08. The second kappa shape index (κ2) is 8.60. The fraction of sp³-hybridized carbons (Fsp3) is 0.263. The summed E-state index contributed by atoms with van der Waals surface area (Å²) in [7, 11) is 1.63. The number of nitrogens with one attached hydrogen (secondary N) is 1. The van der Waals surface area contributed by atoms with E-state index in [0.29, 0.717) is 31.8 Å². The first-order chi connectivity index (χ1) is 12.2. The van der Waals surface area contributed by atoms with Crippen LogP contribution in [0, 0.1) is 0 Å². The first-order valence-electron chi connectivity index (χ1n) is 8.11. The number of carbonyl (C=O) groups excluding carboxylic acids is 1. The number of fused-ring (bicyclic) bond motifs is 1. The molecule has 0 radical (unpaired) electrons. The van der Waals surface area contributed by atoms with Crippen molar-refractivity contribution in [1.82, 2.24) is 4.98 Å². The monoisotopic (exact) mass is 356 g/mol. The molecule has 1 N–H and O–H groups in total. The van der Waals surface area contributed by atoms with Crippen LogP contribution in [0.15, 0.2) is 48.5 Å². The first-order valence-corrected chi connectivity index (χ1v) is 8.92. The first kappa shape index (κ1) is 17.4. The second-order valence-corrected chi connectivity index (χ2v) is 6.61. The number of rotatable bonds is 8. The van der Waals surface area contributed by atoms with Gasteiger partial charge in [0.2, 0.25) is 5.91 Å². The van der Waals surface area contributed by atoms with E-state index < -0.39 is 0 Å². The third-order valence-corrected chi connectivity index (χ3v) is 4.67. The van der Waals surface area contributed by atoms with Crippen molar-refractivity contribution in [1.29, 1.82) is 0 Å².